The van der Waals surface area contributed by atoms with Crippen molar-refractivity contribution in [1.82, 2.24) is 0 Å². The van der Waals surface area contributed by atoms with Crippen LogP contribution in [-0.2, 0) is 6.42 Å². The molecule has 0 amide bonds. The van der Waals surface area contributed by atoms with Gasteiger partial charge in [0.2, 0.25) is 0 Å². The summed E-state index contributed by atoms with van der Waals surface area (Å²) in [7, 11) is 1.54. The van der Waals surface area contributed by atoms with Crippen LogP contribution < -0.4 is 10.5 Å². The summed E-state index contributed by atoms with van der Waals surface area (Å²) in [6.07, 6.45) is 0.0599. The van der Waals surface area contributed by atoms with E-state index in [0.29, 0.717) is 11.3 Å². The summed E-state index contributed by atoms with van der Waals surface area (Å²) < 4.78 is 33.6. The van der Waals surface area contributed by atoms with Crippen molar-refractivity contribution < 1.29 is 13.5 Å². The van der Waals surface area contributed by atoms with Crippen LogP contribution in [0, 0.1) is 18.6 Å². The van der Waals surface area contributed by atoms with Gasteiger partial charge in [-0.1, -0.05) is 22.0 Å². The van der Waals surface area contributed by atoms with Gasteiger partial charge in [-0.15, -0.1) is 0 Å². The molecule has 0 aromatic heterocycles. The first-order chi connectivity index (χ1) is 9.93. The van der Waals surface area contributed by atoms with Gasteiger partial charge in [-0.25, -0.2) is 8.78 Å². The number of halogens is 3. The minimum absolute atomic E-state index is 0.0104. The van der Waals surface area contributed by atoms with E-state index in [4.69, 9.17) is 10.5 Å². The predicted octanol–water partition coefficient (Wildman–Crippen LogP) is 4.29. The van der Waals surface area contributed by atoms with Crippen LogP contribution in [0.2, 0.25) is 0 Å². The molecule has 2 rings (SSSR count). The molecule has 0 spiro atoms. The lowest BCUT2D eigenvalue weighted by atomic mass is 9.97. The Labute approximate surface area is 131 Å². The molecule has 0 aliphatic heterocycles. The Morgan fingerprint density at radius 1 is 1.24 bits per heavy atom. The zero-order chi connectivity index (χ0) is 15.6. The average Bonchev–Trinajstić information content (AvgIpc) is 2.45. The van der Waals surface area contributed by atoms with Crippen LogP contribution in [0.4, 0.5) is 8.78 Å². The van der Waals surface area contributed by atoms with E-state index in [9.17, 15) is 8.78 Å². The van der Waals surface area contributed by atoms with Gasteiger partial charge in [-0.05, 0) is 43.2 Å². The highest BCUT2D eigenvalue weighted by Gasteiger charge is 2.18. The molecule has 1 unspecified atom stereocenters. The molecule has 2 nitrogen and oxygen atoms in total. The van der Waals surface area contributed by atoms with E-state index < -0.39 is 17.7 Å². The smallest absolute Gasteiger partial charge is 0.129 e. The highest BCUT2D eigenvalue weighted by Crippen LogP contribution is 2.32. The van der Waals surface area contributed by atoms with Crippen LogP contribution in [-0.4, -0.2) is 7.11 Å². The Morgan fingerprint density at radius 3 is 2.43 bits per heavy atom. The second-order valence-electron chi connectivity index (χ2n) is 4.85. The molecule has 112 valence electrons. The van der Waals surface area contributed by atoms with Crippen molar-refractivity contribution in [3.8, 4) is 5.75 Å². The highest BCUT2D eigenvalue weighted by atomic mass is 79.9. The summed E-state index contributed by atoms with van der Waals surface area (Å²) >= 11 is 3.43. The largest absolute Gasteiger partial charge is 0.496 e. The van der Waals surface area contributed by atoms with Crippen LogP contribution in [0.15, 0.2) is 34.8 Å². The first-order valence-electron chi connectivity index (χ1n) is 6.46. The van der Waals surface area contributed by atoms with Crippen molar-refractivity contribution in [2.24, 2.45) is 5.73 Å². The Hall–Kier alpha value is -1.46. The van der Waals surface area contributed by atoms with E-state index in [0.717, 1.165) is 10.0 Å². The van der Waals surface area contributed by atoms with Gasteiger partial charge in [0.1, 0.15) is 17.4 Å². The fraction of sp³-hybridized carbons (Fsp3) is 0.250. The monoisotopic (exact) mass is 355 g/mol. The van der Waals surface area contributed by atoms with Gasteiger partial charge in [0.05, 0.1) is 7.11 Å². The van der Waals surface area contributed by atoms with E-state index in [1.807, 2.05) is 19.1 Å². The molecule has 1 atom stereocenters. The van der Waals surface area contributed by atoms with Crippen molar-refractivity contribution in [2.45, 2.75) is 19.4 Å². The summed E-state index contributed by atoms with van der Waals surface area (Å²) in [5.74, 6) is -0.564. The quantitative estimate of drug-likeness (QED) is 0.887. The molecule has 0 fully saturated rings. The summed E-state index contributed by atoms with van der Waals surface area (Å²) in [5, 5.41) is 0. The standard InChI is InChI=1S/C16H16BrF2NO/c1-9-6-16(21-2)11(7-12(9)17)15(20)8-10-13(18)4-3-5-14(10)19/h3-7,15H,8,20H2,1-2H3. The topological polar surface area (TPSA) is 35.2 Å². The minimum Gasteiger partial charge on any atom is -0.496 e. The van der Waals surface area contributed by atoms with Crippen LogP contribution in [0.25, 0.3) is 0 Å². The normalized spacial score (nSPS) is 12.3. The summed E-state index contributed by atoms with van der Waals surface area (Å²) in [5.41, 5.74) is 7.82. The third-order valence-electron chi connectivity index (χ3n) is 3.40. The van der Waals surface area contributed by atoms with Crippen LogP contribution in [0.5, 0.6) is 5.75 Å². The predicted molar refractivity (Wildman–Crippen MR) is 82.4 cm³/mol. The maximum Gasteiger partial charge on any atom is 0.129 e. The molecular formula is C16H16BrF2NO. The van der Waals surface area contributed by atoms with Gasteiger partial charge < -0.3 is 10.5 Å². The van der Waals surface area contributed by atoms with E-state index in [-0.39, 0.29) is 12.0 Å². The van der Waals surface area contributed by atoms with Crippen LogP contribution >= 0.6 is 15.9 Å². The number of ether oxygens (including phenoxy) is 1. The number of rotatable bonds is 4. The molecule has 0 radical (unpaired) electrons. The van der Waals surface area contributed by atoms with E-state index >= 15 is 0 Å². The lowest BCUT2D eigenvalue weighted by Gasteiger charge is -2.18. The zero-order valence-corrected chi connectivity index (χ0v) is 13.4. The van der Waals surface area contributed by atoms with Crippen molar-refractivity contribution in [1.29, 1.82) is 0 Å². The zero-order valence-electron chi connectivity index (χ0n) is 11.8. The van der Waals surface area contributed by atoms with Crippen LogP contribution in [0.1, 0.15) is 22.7 Å². The van der Waals surface area contributed by atoms with Gasteiger partial charge in [0, 0.05) is 21.6 Å². The molecule has 2 aromatic rings. The summed E-state index contributed by atoms with van der Waals surface area (Å²) in [6, 6.07) is 6.90. The van der Waals surface area contributed by atoms with E-state index in [2.05, 4.69) is 15.9 Å². The lowest BCUT2D eigenvalue weighted by molar-refractivity contribution is 0.404. The molecule has 5 heteroatoms. The Bertz CT molecular complexity index is 641. The number of hydrogen-bond donors (Lipinski definition) is 1. The Balaban J connectivity index is 2.37. The molecule has 2 aromatic carbocycles. The number of aryl methyl sites for hydroxylation is 1. The van der Waals surface area contributed by atoms with Gasteiger partial charge in [0.15, 0.2) is 0 Å². The fourth-order valence-corrected chi connectivity index (χ4v) is 2.56. The van der Waals surface area contributed by atoms with Gasteiger partial charge in [-0.2, -0.15) is 0 Å². The molecule has 0 aliphatic rings. The number of benzene rings is 2. The first kappa shape index (κ1) is 15.9. The van der Waals surface area contributed by atoms with Crippen molar-refractivity contribution in [3.63, 3.8) is 0 Å². The Morgan fingerprint density at radius 2 is 1.86 bits per heavy atom. The number of nitrogens with two attached hydrogens (primary N) is 1. The molecule has 2 N–H and O–H groups in total. The molecule has 0 saturated carbocycles. The minimum atomic E-state index is -0.587. The number of hydrogen-bond acceptors (Lipinski definition) is 2. The van der Waals surface area contributed by atoms with Gasteiger partial charge in [-0.3, -0.25) is 0 Å². The van der Waals surface area contributed by atoms with Crippen LogP contribution in [0.3, 0.4) is 0 Å². The molecule has 0 saturated heterocycles. The van der Waals surface area contributed by atoms with Crippen molar-refractivity contribution in [3.05, 3.63) is 63.1 Å². The second kappa shape index (κ2) is 6.54. The van der Waals surface area contributed by atoms with Crippen molar-refractivity contribution in [2.75, 3.05) is 7.11 Å². The maximum absolute atomic E-state index is 13.7. The maximum atomic E-state index is 13.7. The second-order valence-corrected chi connectivity index (χ2v) is 5.71. The van der Waals surface area contributed by atoms with Gasteiger partial charge in [0.25, 0.3) is 0 Å². The molecule has 0 aliphatic carbocycles. The lowest BCUT2D eigenvalue weighted by Crippen LogP contribution is -2.16. The first-order valence-corrected chi connectivity index (χ1v) is 7.25. The fourth-order valence-electron chi connectivity index (χ4n) is 2.19. The summed E-state index contributed by atoms with van der Waals surface area (Å²) in [6.45, 7) is 1.93. The number of methoxy groups -OCH3 is 1. The molecule has 21 heavy (non-hydrogen) atoms. The van der Waals surface area contributed by atoms with Gasteiger partial charge >= 0.3 is 0 Å². The molecule has 0 heterocycles. The molecular weight excluding hydrogens is 340 g/mol. The third kappa shape index (κ3) is 3.41. The van der Waals surface area contributed by atoms with E-state index in [1.54, 1.807) is 7.11 Å². The average molecular weight is 356 g/mol. The highest BCUT2D eigenvalue weighted by molar-refractivity contribution is 9.10. The summed E-state index contributed by atoms with van der Waals surface area (Å²) in [4.78, 5) is 0. The van der Waals surface area contributed by atoms with E-state index in [1.165, 1.54) is 18.2 Å². The Kier molecular flexibility index (Phi) is 4.96. The van der Waals surface area contributed by atoms with Crippen molar-refractivity contribution >= 4 is 15.9 Å². The SMILES string of the molecule is COc1cc(C)c(Br)cc1C(N)Cc1c(F)cccc1F. The molecule has 0 bridgehead atoms. The third-order valence-corrected chi connectivity index (χ3v) is 4.25.